The average molecular weight is 571 g/mol. The zero-order valence-corrected chi connectivity index (χ0v) is 24.3. The Morgan fingerprint density at radius 3 is 2.02 bits per heavy atom. The van der Waals surface area contributed by atoms with E-state index in [4.69, 9.17) is 9.47 Å². The third-order valence-corrected chi connectivity index (χ3v) is 9.89. The van der Waals surface area contributed by atoms with Crippen molar-refractivity contribution in [1.82, 2.24) is 0 Å². The summed E-state index contributed by atoms with van der Waals surface area (Å²) in [6.07, 6.45) is 0.672. The number of esters is 2. The number of para-hydroxylation sites is 1. The van der Waals surface area contributed by atoms with Crippen molar-refractivity contribution in [2.75, 3.05) is 29.8 Å². The number of benzene rings is 3. The Hall–Kier alpha value is -4.11. The van der Waals surface area contributed by atoms with E-state index >= 15 is 0 Å². The van der Waals surface area contributed by atoms with Gasteiger partial charge in [0.05, 0.1) is 36.8 Å². The standard InChI is InChI=1S/C32H30N2O6S/c1-30(2)18-31(3,21-10-7-6-8-11-21)23-12-9-13-24-26(23)34(30)29(38)32(24)33(25(35)17-41-32)22-15-19(27(36)39-4)14-20(16-22)28(37)40-5/h6-16H,17-18H2,1-5H3/t31-,32-/m1/s1. The molecule has 3 heterocycles. The number of rotatable bonds is 4. The van der Waals surface area contributed by atoms with Gasteiger partial charge in [-0.3, -0.25) is 14.5 Å². The normalized spacial score (nSPS) is 24.0. The van der Waals surface area contributed by atoms with Gasteiger partial charge in [-0.25, -0.2) is 9.59 Å². The third-order valence-electron chi connectivity index (χ3n) is 8.50. The Morgan fingerprint density at radius 2 is 1.41 bits per heavy atom. The van der Waals surface area contributed by atoms with E-state index in [-0.39, 0.29) is 39.8 Å². The van der Waals surface area contributed by atoms with Crippen LogP contribution in [-0.4, -0.2) is 49.3 Å². The number of amides is 2. The lowest BCUT2D eigenvalue weighted by molar-refractivity contribution is -0.124. The van der Waals surface area contributed by atoms with Crippen molar-refractivity contribution in [3.05, 3.63) is 94.5 Å². The third kappa shape index (κ3) is 3.68. The van der Waals surface area contributed by atoms with Crippen LogP contribution in [0.5, 0.6) is 0 Å². The molecule has 41 heavy (non-hydrogen) atoms. The molecule has 9 heteroatoms. The molecule has 2 amide bonds. The molecular weight excluding hydrogens is 540 g/mol. The van der Waals surface area contributed by atoms with Crippen molar-refractivity contribution < 1.29 is 28.7 Å². The number of carbonyl (C=O) groups excluding carboxylic acids is 4. The van der Waals surface area contributed by atoms with Crippen LogP contribution in [0.3, 0.4) is 0 Å². The lowest BCUT2D eigenvalue weighted by atomic mass is 9.65. The maximum absolute atomic E-state index is 14.8. The first-order chi connectivity index (χ1) is 19.5. The number of hydrogen-bond acceptors (Lipinski definition) is 7. The Balaban J connectivity index is 1.61. The molecule has 0 aromatic heterocycles. The van der Waals surface area contributed by atoms with Gasteiger partial charge < -0.3 is 14.4 Å². The van der Waals surface area contributed by atoms with E-state index in [1.54, 1.807) is 0 Å². The fourth-order valence-electron chi connectivity index (χ4n) is 6.92. The number of nitrogens with zero attached hydrogens (tertiary/aromatic N) is 2. The molecule has 1 fully saturated rings. The van der Waals surface area contributed by atoms with Crippen LogP contribution < -0.4 is 9.80 Å². The summed E-state index contributed by atoms with van der Waals surface area (Å²) < 4.78 is 9.84. The minimum atomic E-state index is -1.41. The summed E-state index contributed by atoms with van der Waals surface area (Å²) in [5.41, 5.74) is 3.11. The summed E-state index contributed by atoms with van der Waals surface area (Å²) in [5, 5.41) is 0. The lowest BCUT2D eigenvalue weighted by Gasteiger charge is -2.50. The van der Waals surface area contributed by atoms with E-state index in [0.717, 1.165) is 16.8 Å². The number of methoxy groups -OCH3 is 2. The van der Waals surface area contributed by atoms with E-state index < -0.39 is 22.3 Å². The molecule has 0 aliphatic carbocycles. The molecule has 0 bridgehead atoms. The molecule has 1 saturated heterocycles. The van der Waals surface area contributed by atoms with Crippen molar-refractivity contribution in [3.8, 4) is 0 Å². The van der Waals surface area contributed by atoms with Crippen LogP contribution in [0.15, 0.2) is 66.7 Å². The maximum atomic E-state index is 14.8. The summed E-state index contributed by atoms with van der Waals surface area (Å²) in [5.74, 6) is -1.83. The number of ether oxygens (including phenoxy) is 2. The van der Waals surface area contributed by atoms with Gasteiger partial charge in [-0.15, -0.1) is 11.8 Å². The van der Waals surface area contributed by atoms with Crippen LogP contribution in [0.4, 0.5) is 11.4 Å². The van der Waals surface area contributed by atoms with Crippen molar-refractivity contribution in [2.45, 2.75) is 43.0 Å². The summed E-state index contributed by atoms with van der Waals surface area (Å²) >= 11 is 1.26. The highest BCUT2D eigenvalue weighted by molar-refractivity contribution is 8.02. The Kier molecular flexibility index (Phi) is 6.08. The van der Waals surface area contributed by atoms with Gasteiger partial charge in [0, 0.05) is 22.2 Å². The second-order valence-corrected chi connectivity index (χ2v) is 12.6. The van der Waals surface area contributed by atoms with E-state index in [1.165, 1.54) is 49.1 Å². The van der Waals surface area contributed by atoms with Crippen LogP contribution in [-0.2, 0) is 29.3 Å². The van der Waals surface area contributed by atoms with Crippen molar-refractivity contribution in [3.63, 3.8) is 0 Å². The Labute approximate surface area is 242 Å². The molecule has 3 aromatic rings. The zero-order valence-electron chi connectivity index (χ0n) is 23.5. The fourth-order valence-corrected chi connectivity index (χ4v) is 8.25. The van der Waals surface area contributed by atoms with Crippen LogP contribution in [0.2, 0.25) is 0 Å². The largest absolute Gasteiger partial charge is 0.465 e. The molecule has 3 aliphatic heterocycles. The number of hydrogen-bond donors (Lipinski definition) is 0. The smallest absolute Gasteiger partial charge is 0.337 e. The van der Waals surface area contributed by atoms with E-state index in [9.17, 15) is 19.2 Å². The summed E-state index contributed by atoms with van der Waals surface area (Å²) in [7, 11) is 2.48. The second-order valence-electron chi connectivity index (χ2n) is 11.4. The van der Waals surface area contributed by atoms with Gasteiger partial charge in [0.2, 0.25) is 10.8 Å². The van der Waals surface area contributed by atoms with E-state index in [1.807, 2.05) is 35.2 Å². The predicted molar refractivity (Wildman–Crippen MR) is 156 cm³/mol. The first-order valence-corrected chi connectivity index (χ1v) is 14.3. The van der Waals surface area contributed by atoms with Gasteiger partial charge >= 0.3 is 11.9 Å². The Bertz CT molecular complexity index is 1600. The average Bonchev–Trinajstić information content (AvgIpc) is 3.45. The van der Waals surface area contributed by atoms with Crippen LogP contribution in [0, 0.1) is 0 Å². The maximum Gasteiger partial charge on any atom is 0.337 e. The van der Waals surface area contributed by atoms with Crippen molar-refractivity contribution in [1.29, 1.82) is 0 Å². The van der Waals surface area contributed by atoms with E-state index in [2.05, 4.69) is 39.0 Å². The second kappa shape index (κ2) is 9.21. The highest BCUT2D eigenvalue weighted by Gasteiger charge is 2.66. The quantitative estimate of drug-likeness (QED) is 0.407. The number of carbonyl (C=O) groups is 4. The molecule has 3 aromatic carbocycles. The van der Waals surface area contributed by atoms with E-state index in [0.29, 0.717) is 12.0 Å². The minimum absolute atomic E-state index is 0.0512. The van der Waals surface area contributed by atoms with Gasteiger partial charge in [-0.1, -0.05) is 55.5 Å². The number of fused-ring (bicyclic) bond motifs is 1. The molecule has 2 atom stereocenters. The van der Waals surface area contributed by atoms with Gasteiger partial charge in [0.15, 0.2) is 0 Å². The van der Waals surface area contributed by atoms with Crippen LogP contribution >= 0.6 is 11.8 Å². The van der Waals surface area contributed by atoms with Gasteiger partial charge in [-0.2, -0.15) is 0 Å². The fraction of sp³-hybridized carbons (Fsp3) is 0.312. The number of anilines is 2. The van der Waals surface area contributed by atoms with Gasteiger partial charge in [0.1, 0.15) is 0 Å². The molecule has 210 valence electrons. The monoisotopic (exact) mass is 570 g/mol. The minimum Gasteiger partial charge on any atom is -0.465 e. The summed E-state index contributed by atoms with van der Waals surface area (Å²) in [6.45, 7) is 6.33. The molecule has 0 unspecified atom stereocenters. The molecule has 0 saturated carbocycles. The van der Waals surface area contributed by atoms with Crippen molar-refractivity contribution >= 4 is 46.9 Å². The summed E-state index contributed by atoms with van der Waals surface area (Å²) in [6, 6.07) is 20.5. The molecule has 6 rings (SSSR count). The van der Waals surface area contributed by atoms with Gasteiger partial charge in [0.25, 0.3) is 5.91 Å². The Morgan fingerprint density at radius 1 is 0.805 bits per heavy atom. The van der Waals surface area contributed by atoms with Gasteiger partial charge in [-0.05, 0) is 49.6 Å². The van der Waals surface area contributed by atoms with Crippen LogP contribution in [0.25, 0.3) is 0 Å². The predicted octanol–water partition coefficient (Wildman–Crippen LogP) is 5.03. The molecule has 3 aliphatic rings. The zero-order chi connectivity index (χ0) is 29.3. The number of thioether (sulfide) groups is 1. The highest BCUT2D eigenvalue weighted by Crippen LogP contribution is 2.63. The lowest BCUT2D eigenvalue weighted by Crippen LogP contribution is -2.58. The highest BCUT2D eigenvalue weighted by atomic mass is 32.2. The first kappa shape index (κ1) is 27.1. The summed E-state index contributed by atoms with van der Waals surface area (Å²) in [4.78, 5) is 55.5. The van der Waals surface area contributed by atoms with Crippen LogP contribution in [0.1, 0.15) is 64.6 Å². The molecule has 8 nitrogen and oxygen atoms in total. The topological polar surface area (TPSA) is 93.2 Å². The van der Waals surface area contributed by atoms with Crippen molar-refractivity contribution in [2.24, 2.45) is 0 Å². The SMILES string of the molecule is COC(=O)c1cc(C(=O)OC)cc(N2C(=O)CS[C@]23C(=O)N2c4c(cccc43)[C@@](C)(c3ccccc3)CC2(C)C)c1. The molecule has 0 radical (unpaired) electrons. The molecule has 0 N–H and O–H groups in total. The molecular formula is C32H30N2O6S. The first-order valence-electron chi connectivity index (χ1n) is 13.3. The molecule has 1 spiro atoms.